The number of rotatable bonds is 16. The van der Waals surface area contributed by atoms with Crippen LogP contribution in [0.2, 0.25) is 0 Å². The highest BCUT2D eigenvalue weighted by Crippen LogP contribution is 2.52. The van der Waals surface area contributed by atoms with Crippen LogP contribution in [0.1, 0.15) is 123 Å². The van der Waals surface area contributed by atoms with E-state index in [0.29, 0.717) is 25.6 Å². The van der Waals surface area contributed by atoms with Gasteiger partial charge in [-0.3, -0.25) is 4.57 Å². The summed E-state index contributed by atoms with van der Waals surface area (Å²) in [6.45, 7) is 12.1. The van der Waals surface area contributed by atoms with Crippen LogP contribution in [-0.4, -0.2) is 36.6 Å². The Morgan fingerprint density at radius 1 is 1.00 bits per heavy atom. The molecule has 0 bridgehead atoms. The summed E-state index contributed by atoms with van der Waals surface area (Å²) in [6.07, 6.45) is 11.9. The van der Waals surface area contributed by atoms with Gasteiger partial charge in [0.2, 0.25) is 0 Å². The topological polar surface area (TPSA) is 73.9 Å². The molecule has 0 heterocycles. The van der Waals surface area contributed by atoms with E-state index in [0.717, 1.165) is 25.7 Å². The standard InChI is InChI=1S/C30H52NO5P/c1-7-10-11-12-13-14-15-25-16-18-26(19-17-25)27-20-21-30(24-27,31-28(32)36-29(4,5)6)22-23-37(33,34-8-2)35-9-3/h16-19,27H,7-15,20-24H2,1-6H3,(H,31,32)/t27-,30?/m0/s1. The molecule has 1 aliphatic rings. The highest BCUT2D eigenvalue weighted by molar-refractivity contribution is 7.53. The van der Waals surface area contributed by atoms with Gasteiger partial charge in [-0.25, -0.2) is 4.79 Å². The van der Waals surface area contributed by atoms with Crippen LogP contribution in [0.15, 0.2) is 24.3 Å². The predicted octanol–water partition coefficient (Wildman–Crippen LogP) is 8.78. The summed E-state index contributed by atoms with van der Waals surface area (Å²) in [6, 6.07) is 9.04. The molecule has 1 unspecified atom stereocenters. The molecule has 1 amide bonds. The SMILES string of the molecule is CCCCCCCCc1ccc([C@H]2CCC(CCP(=O)(OCC)OCC)(NC(=O)OC(C)(C)C)C2)cc1. The number of aryl methyl sites for hydroxylation is 1. The molecule has 0 aliphatic heterocycles. The first-order valence-electron chi connectivity index (χ1n) is 14.5. The van der Waals surface area contributed by atoms with Crippen LogP contribution in [0, 0.1) is 0 Å². The lowest BCUT2D eigenvalue weighted by Crippen LogP contribution is -2.49. The summed E-state index contributed by atoms with van der Waals surface area (Å²) in [5.41, 5.74) is 1.61. The maximum atomic E-state index is 13.2. The maximum absolute atomic E-state index is 13.2. The number of amides is 1. The minimum absolute atomic E-state index is 0.272. The lowest BCUT2D eigenvalue weighted by atomic mass is 9.90. The molecule has 0 radical (unpaired) electrons. The number of ether oxygens (including phenoxy) is 1. The summed E-state index contributed by atoms with van der Waals surface area (Å²) in [7, 11) is -3.21. The van der Waals surface area contributed by atoms with Gasteiger partial charge in [0, 0.05) is 5.54 Å². The van der Waals surface area contributed by atoms with Gasteiger partial charge >= 0.3 is 13.7 Å². The molecule has 1 aromatic carbocycles. The van der Waals surface area contributed by atoms with Crippen LogP contribution in [0.25, 0.3) is 0 Å². The van der Waals surface area contributed by atoms with Gasteiger partial charge in [-0.1, -0.05) is 63.3 Å². The van der Waals surface area contributed by atoms with Crippen molar-refractivity contribution in [2.24, 2.45) is 0 Å². The number of benzene rings is 1. The van der Waals surface area contributed by atoms with E-state index in [1.807, 2.05) is 34.6 Å². The molecule has 0 aromatic heterocycles. The summed E-state index contributed by atoms with van der Waals surface area (Å²) in [5.74, 6) is 0.330. The van der Waals surface area contributed by atoms with Gasteiger partial charge in [-0.2, -0.15) is 0 Å². The Morgan fingerprint density at radius 2 is 1.62 bits per heavy atom. The second kappa shape index (κ2) is 15.3. The number of nitrogens with one attached hydrogen (secondary N) is 1. The lowest BCUT2D eigenvalue weighted by molar-refractivity contribution is 0.0451. The quantitative estimate of drug-likeness (QED) is 0.168. The maximum Gasteiger partial charge on any atom is 0.408 e. The van der Waals surface area contributed by atoms with E-state index in [9.17, 15) is 9.36 Å². The Bertz CT molecular complexity index is 841. The van der Waals surface area contributed by atoms with Crippen molar-refractivity contribution in [2.75, 3.05) is 19.4 Å². The van der Waals surface area contributed by atoms with Crippen LogP contribution in [0.4, 0.5) is 4.79 Å². The average Bonchev–Trinajstić information content (AvgIpc) is 3.24. The van der Waals surface area contributed by atoms with Crippen molar-refractivity contribution in [1.29, 1.82) is 0 Å². The number of hydrogen-bond acceptors (Lipinski definition) is 5. The van der Waals surface area contributed by atoms with Gasteiger partial charge in [-0.05, 0) is 90.2 Å². The molecule has 37 heavy (non-hydrogen) atoms. The molecular weight excluding hydrogens is 485 g/mol. The molecule has 7 heteroatoms. The molecule has 0 saturated heterocycles. The fraction of sp³-hybridized carbons (Fsp3) is 0.767. The number of carbonyl (C=O) groups excluding carboxylic acids is 1. The normalized spacial score (nSPS) is 20.2. The summed E-state index contributed by atoms with van der Waals surface area (Å²) in [4.78, 5) is 12.8. The molecule has 1 aromatic rings. The Kier molecular flexibility index (Phi) is 13.2. The lowest BCUT2D eigenvalue weighted by Gasteiger charge is -2.33. The van der Waals surface area contributed by atoms with Crippen LogP contribution >= 0.6 is 7.60 Å². The number of carbonyl (C=O) groups is 1. The van der Waals surface area contributed by atoms with Crippen molar-refractivity contribution in [1.82, 2.24) is 5.32 Å². The zero-order valence-electron chi connectivity index (χ0n) is 24.3. The zero-order valence-corrected chi connectivity index (χ0v) is 25.2. The van der Waals surface area contributed by atoms with E-state index < -0.39 is 24.8 Å². The molecule has 0 spiro atoms. The van der Waals surface area contributed by atoms with Crippen LogP contribution in [0.3, 0.4) is 0 Å². The fourth-order valence-electron chi connectivity index (χ4n) is 5.31. The molecule has 212 valence electrons. The number of unbranched alkanes of at least 4 members (excludes halogenated alkanes) is 5. The van der Waals surface area contributed by atoms with E-state index >= 15 is 0 Å². The van der Waals surface area contributed by atoms with Crippen LogP contribution < -0.4 is 5.32 Å². The molecule has 1 N–H and O–H groups in total. The third-order valence-corrected chi connectivity index (χ3v) is 9.24. The van der Waals surface area contributed by atoms with E-state index in [-0.39, 0.29) is 6.16 Å². The van der Waals surface area contributed by atoms with Crippen molar-refractivity contribution in [2.45, 2.75) is 129 Å². The van der Waals surface area contributed by atoms with Gasteiger partial charge in [-0.15, -0.1) is 0 Å². The van der Waals surface area contributed by atoms with Crippen molar-refractivity contribution in [3.63, 3.8) is 0 Å². The predicted molar refractivity (Wildman–Crippen MR) is 153 cm³/mol. The van der Waals surface area contributed by atoms with E-state index in [2.05, 4.69) is 36.5 Å². The van der Waals surface area contributed by atoms with E-state index in [4.69, 9.17) is 13.8 Å². The van der Waals surface area contributed by atoms with Crippen molar-refractivity contribution in [3.05, 3.63) is 35.4 Å². The third kappa shape index (κ3) is 11.5. The summed E-state index contributed by atoms with van der Waals surface area (Å²) < 4.78 is 29.8. The van der Waals surface area contributed by atoms with E-state index in [1.54, 1.807) is 0 Å². The average molecular weight is 538 g/mol. The van der Waals surface area contributed by atoms with Crippen molar-refractivity contribution >= 4 is 13.7 Å². The Balaban J connectivity index is 2.06. The Morgan fingerprint density at radius 3 is 2.22 bits per heavy atom. The summed E-state index contributed by atoms with van der Waals surface area (Å²) in [5, 5.41) is 3.17. The molecule has 1 saturated carbocycles. The largest absolute Gasteiger partial charge is 0.444 e. The fourth-order valence-corrected chi connectivity index (χ4v) is 7.13. The van der Waals surface area contributed by atoms with Crippen molar-refractivity contribution in [3.8, 4) is 0 Å². The minimum atomic E-state index is -3.21. The monoisotopic (exact) mass is 537 g/mol. The van der Waals surface area contributed by atoms with Gasteiger partial charge in [0.15, 0.2) is 0 Å². The smallest absolute Gasteiger partial charge is 0.408 e. The Hall–Kier alpha value is -1.36. The van der Waals surface area contributed by atoms with Crippen molar-refractivity contribution < 1.29 is 23.1 Å². The second-order valence-corrected chi connectivity index (χ2v) is 13.7. The van der Waals surface area contributed by atoms with Crippen LogP contribution in [0.5, 0.6) is 0 Å². The first-order chi connectivity index (χ1) is 17.5. The van der Waals surface area contributed by atoms with E-state index in [1.165, 1.54) is 49.7 Å². The first-order valence-corrected chi connectivity index (χ1v) is 16.2. The first kappa shape index (κ1) is 31.9. The summed E-state index contributed by atoms with van der Waals surface area (Å²) >= 11 is 0. The highest BCUT2D eigenvalue weighted by Gasteiger charge is 2.43. The van der Waals surface area contributed by atoms with Gasteiger partial charge < -0.3 is 19.1 Å². The highest BCUT2D eigenvalue weighted by atomic mass is 31.2. The Labute approximate surface area is 226 Å². The molecule has 6 nitrogen and oxygen atoms in total. The number of alkyl carbamates (subject to hydrolysis) is 1. The minimum Gasteiger partial charge on any atom is -0.444 e. The van der Waals surface area contributed by atoms with Gasteiger partial charge in [0.25, 0.3) is 0 Å². The second-order valence-electron chi connectivity index (χ2n) is 11.5. The zero-order chi connectivity index (χ0) is 27.4. The molecular formula is C30H52NO5P. The van der Waals surface area contributed by atoms with Gasteiger partial charge in [0.1, 0.15) is 5.60 Å². The molecule has 2 atom stereocenters. The molecule has 2 rings (SSSR count). The van der Waals surface area contributed by atoms with Crippen LogP contribution in [-0.2, 0) is 24.8 Å². The third-order valence-electron chi connectivity index (χ3n) is 7.16. The van der Waals surface area contributed by atoms with Gasteiger partial charge in [0.05, 0.1) is 19.4 Å². The molecule has 1 aliphatic carbocycles. The number of hydrogen-bond donors (Lipinski definition) is 1. The molecule has 1 fully saturated rings.